The molecule has 45 heavy (non-hydrogen) atoms. The van der Waals surface area contributed by atoms with Crippen molar-refractivity contribution in [2.24, 2.45) is 0 Å². The Hall–Kier alpha value is -5.64. The third-order valence-electron chi connectivity index (χ3n) is 9.18. The molecule has 0 spiro atoms. The SMILES string of the molecule is c1ccc(-n2c3ccccc3c3sc4c(-c5ccccc5-c5ccc6c(c5)oc5cc7ccccc7cc56)cccc4c32)cc1. The molecule has 0 aliphatic rings. The fraction of sp³-hybridized carbons (Fsp3) is 0. The van der Waals surface area contributed by atoms with Gasteiger partial charge in [-0.3, -0.25) is 0 Å². The van der Waals surface area contributed by atoms with Crippen LogP contribution in [0.3, 0.4) is 0 Å². The molecule has 3 heterocycles. The Morgan fingerprint density at radius 3 is 2.02 bits per heavy atom. The number of thiophene rings is 1. The summed E-state index contributed by atoms with van der Waals surface area (Å²) in [4.78, 5) is 0. The van der Waals surface area contributed by atoms with E-state index in [2.05, 4.69) is 156 Å². The Morgan fingerprint density at radius 1 is 0.444 bits per heavy atom. The maximum atomic E-state index is 6.46. The average Bonchev–Trinajstić information content (AvgIpc) is 3.76. The van der Waals surface area contributed by atoms with E-state index in [1.54, 1.807) is 0 Å². The van der Waals surface area contributed by atoms with Crippen LogP contribution < -0.4 is 0 Å². The summed E-state index contributed by atoms with van der Waals surface area (Å²) in [7, 11) is 0. The van der Waals surface area contributed by atoms with Crippen molar-refractivity contribution in [3.8, 4) is 27.9 Å². The van der Waals surface area contributed by atoms with Gasteiger partial charge in [0, 0.05) is 37.5 Å². The molecule has 0 aliphatic heterocycles. The summed E-state index contributed by atoms with van der Waals surface area (Å²) in [5, 5.41) is 7.30. The van der Waals surface area contributed by atoms with Gasteiger partial charge in [0.25, 0.3) is 0 Å². The highest BCUT2D eigenvalue weighted by atomic mass is 32.1. The molecular formula is C42H25NOS. The van der Waals surface area contributed by atoms with Crippen molar-refractivity contribution in [3.63, 3.8) is 0 Å². The molecule has 3 aromatic heterocycles. The monoisotopic (exact) mass is 591 g/mol. The molecule has 0 aliphatic carbocycles. The van der Waals surface area contributed by atoms with E-state index in [-0.39, 0.29) is 0 Å². The molecule has 210 valence electrons. The van der Waals surface area contributed by atoms with Crippen LogP contribution in [0.1, 0.15) is 0 Å². The Balaban J connectivity index is 1.20. The highest BCUT2D eigenvalue weighted by Crippen LogP contribution is 2.47. The highest BCUT2D eigenvalue weighted by Gasteiger charge is 2.20. The van der Waals surface area contributed by atoms with Gasteiger partial charge < -0.3 is 8.98 Å². The fourth-order valence-corrected chi connectivity index (χ4v) is 8.50. The summed E-state index contributed by atoms with van der Waals surface area (Å²) in [6.45, 7) is 0. The zero-order valence-electron chi connectivity index (χ0n) is 24.2. The first kappa shape index (κ1) is 24.8. The van der Waals surface area contributed by atoms with Crippen LogP contribution in [0.25, 0.3) is 91.9 Å². The fourth-order valence-electron chi connectivity index (χ4n) is 7.15. The molecule has 0 radical (unpaired) electrons. The molecule has 0 bridgehead atoms. The average molecular weight is 592 g/mol. The summed E-state index contributed by atoms with van der Waals surface area (Å²) in [6.07, 6.45) is 0. The Kier molecular flexibility index (Phi) is 5.19. The van der Waals surface area contributed by atoms with Crippen LogP contribution >= 0.6 is 11.3 Å². The molecule has 0 saturated carbocycles. The summed E-state index contributed by atoms with van der Waals surface area (Å²) >= 11 is 1.90. The molecule has 0 unspecified atom stereocenters. The lowest BCUT2D eigenvalue weighted by Gasteiger charge is -2.12. The summed E-state index contributed by atoms with van der Waals surface area (Å²) in [5.74, 6) is 0. The Bertz CT molecular complexity index is 2760. The summed E-state index contributed by atoms with van der Waals surface area (Å²) < 4.78 is 11.5. The van der Waals surface area contributed by atoms with E-state index in [4.69, 9.17) is 4.42 Å². The molecule has 0 saturated heterocycles. The second-order valence-electron chi connectivity index (χ2n) is 11.7. The number of furan rings is 1. The van der Waals surface area contributed by atoms with Gasteiger partial charge in [-0.1, -0.05) is 109 Å². The highest BCUT2D eigenvalue weighted by molar-refractivity contribution is 7.27. The first-order valence-electron chi connectivity index (χ1n) is 15.3. The van der Waals surface area contributed by atoms with Crippen molar-refractivity contribution < 1.29 is 4.42 Å². The standard InChI is InChI=1S/C42H25NOS/c1-2-13-29(14-3-1)43-37-20-9-8-17-34(37)42-40(43)35-19-10-18-33(41(35)45-42)31-16-7-6-15-30(31)28-21-22-32-36-23-26-11-4-5-12-27(26)24-39(36)44-38(32)25-28/h1-25H. The minimum atomic E-state index is 0.913. The number of benzene rings is 7. The third-order valence-corrected chi connectivity index (χ3v) is 10.4. The van der Waals surface area contributed by atoms with Crippen LogP contribution in [0.15, 0.2) is 156 Å². The maximum absolute atomic E-state index is 6.46. The second kappa shape index (κ2) is 9.43. The van der Waals surface area contributed by atoms with Crippen molar-refractivity contribution in [2.45, 2.75) is 0 Å². The van der Waals surface area contributed by atoms with Gasteiger partial charge in [0.05, 0.1) is 15.7 Å². The Labute approximate surface area is 263 Å². The quantitative estimate of drug-likeness (QED) is 0.200. The molecule has 0 fully saturated rings. The van der Waals surface area contributed by atoms with Crippen molar-refractivity contribution >= 4 is 75.3 Å². The number of fused-ring (bicyclic) bond motifs is 9. The summed E-state index contributed by atoms with van der Waals surface area (Å²) in [5.41, 5.74) is 10.4. The van der Waals surface area contributed by atoms with Crippen molar-refractivity contribution in [3.05, 3.63) is 152 Å². The van der Waals surface area contributed by atoms with Crippen LogP contribution in [-0.2, 0) is 0 Å². The number of rotatable bonds is 3. The normalized spacial score (nSPS) is 12.0. The number of aromatic nitrogens is 1. The topological polar surface area (TPSA) is 18.1 Å². The van der Waals surface area contributed by atoms with Gasteiger partial charge in [0.2, 0.25) is 0 Å². The van der Waals surface area contributed by atoms with Gasteiger partial charge in [-0.15, -0.1) is 11.3 Å². The first-order chi connectivity index (χ1) is 22.3. The van der Waals surface area contributed by atoms with Crippen LogP contribution in [0.5, 0.6) is 0 Å². The predicted octanol–water partition coefficient (Wildman–Crippen LogP) is 12.4. The minimum absolute atomic E-state index is 0.913. The molecule has 2 nitrogen and oxygen atoms in total. The van der Waals surface area contributed by atoms with E-state index < -0.39 is 0 Å². The molecule has 3 heteroatoms. The van der Waals surface area contributed by atoms with Gasteiger partial charge in [-0.2, -0.15) is 0 Å². The van der Waals surface area contributed by atoms with Gasteiger partial charge in [0.15, 0.2) is 0 Å². The maximum Gasteiger partial charge on any atom is 0.136 e. The largest absolute Gasteiger partial charge is 0.456 e. The van der Waals surface area contributed by atoms with E-state index in [1.807, 2.05) is 11.3 Å². The molecule has 0 amide bonds. The zero-order valence-corrected chi connectivity index (χ0v) is 25.0. The van der Waals surface area contributed by atoms with E-state index in [0.29, 0.717) is 0 Å². The van der Waals surface area contributed by atoms with E-state index >= 15 is 0 Å². The number of hydrogen-bond donors (Lipinski definition) is 0. The molecule has 10 rings (SSSR count). The number of nitrogens with zero attached hydrogens (tertiary/aromatic N) is 1. The van der Waals surface area contributed by atoms with Crippen LogP contribution in [-0.4, -0.2) is 4.57 Å². The van der Waals surface area contributed by atoms with E-state index in [9.17, 15) is 0 Å². The van der Waals surface area contributed by atoms with Crippen LogP contribution in [0.4, 0.5) is 0 Å². The molecule has 0 N–H and O–H groups in total. The molecule has 10 aromatic rings. The van der Waals surface area contributed by atoms with Gasteiger partial charge in [0.1, 0.15) is 11.2 Å². The van der Waals surface area contributed by atoms with Crippen molar-refractivity contribution in [1.82, 2.24) is 4.57 Å². The third kappa shape index (κ3) is 3.62. The summed E-state index contributed by atoms with van der Waals surface area (Å²) in [6, 6.07) is 54.6. The number of para-hydroxylation sites is 2. The van der Waals surface area contributed by atoms with Crippen LogP contribution in [0, 0.1) is 0 Å². The van der Waals surface area contributed by atoms with Gasteiger partial charge >= 0.3 is 0 Å². The zero-order chi connectivity index (χ0) is 29.5. The van der Waals surface area contributed by atoms with Gasteiger partial charge in [-0.25, -0.2) is 0 Å². The smallest absolute Gasteiger partial charge is 0.136 e. The molecule has 0 atom stereocenters. The lowest BCUT2D eigenvalue weighted by atomic mass is 9.93. The lowest BCUT2D eigenvalue weighted by molar-refractivity contribution is 0.669. The van der Waals surface area contributed by atoms with E-state index in [0.717, 1.165) is 27.5 Å². The molecule has 7 aromatic carbocycles. The lowest BCUT2D eigenvalue weighted by Crippen LogP contribution is -1.93. The number of hydrogen-bond acceptors (Lipinski definition) is 2. The van der Waals surface area contributed by atoms with Gasteiger partial charge in [-0.05, 0) is 69.9 Å². The second-order valence-corrected chi connectivity index (χ2v) is 12.7. The predicted molar refractivity (Wildman–Crippen MR) is 192 cm³/mol. The molecular weight excluding hydrogens is 567 g/mol. The Morgan fingerprint density at radius 2 is 1.13 bits per heavy atom. The first-order valence-corrected chi connectivity index (χ1v) is 16.1. The van der Waals surface area contributed by atoms with E-state index in [1.165, 1.54) is 64.4 Å². The van der Waals surface area contributed by atoms with Crippen molar-refractivity contribution in [2.75, 3.05) is 0 Å². The minimum Gasteiger partial charge on any atom is -0.456 e. The van der Waals surface area contributed by atoms with Crippen molar-refractivity contribution in [1.29, 1.82) is 0 Å². The van der Waals surface area contributed by atoms with Crippen LogP contribution in [0.2, 0.25) is 0 Å².